The van der Waals surface area contributed by atoms with E-state index in [9.17, 15) is 18.7 Å². The zero-order valence-corrected chi connectivity index (χ0v) is 11.1. The first-order chi connectivity index (χ1) is 10.1. The molecule has 0 spiro atoms. The minimum atomic E-state index is -1.14. The highest BCUT2D eigenvalue weighted by atomic mass is 19.1. The molecule has 21 heavy (non-hydrogen) atoms. The third-order valence-electron chi connectivity index (χ3n) is 2.76. The summed E-state index contributed by atoms with van der Waals surface area (Å²) < 4.78 is 37.5. The minimum Gasteiger partial charge on any atom is -0.507 e. The number of hydrogen-bond acceptors (Lipinski definition) is 4. The Balaban J connectivity index is 2.48. The summed E-state index contributed by atoms with van der Waals surface area (Å²) in [6, 6.07) is 7.49. The molecule has 2 rings (SSSR count). The number of phenolic OH excluding ortho intramolecular Hbond substituents is 1. The van der Waals surface area contributed by atoms with Crippen LogP contribution in [0.15, 0.2) is 36.4 Å². The van der Waals surface area contributed by atoms with Crippen LogP contribution in [0.3, 0.4) is 0 Å². The molecule has 0 aliphatic heterocycles. The monoisotopic (exact) mass is 294 g/mol. The van der Waals surface area contributed by atoms with E-state index in [1.54, 1.807) is 0 Å². The molecule has 0 saturated heterocycles. The first-order valence-corrected chi connectivity index (χ1v) is 5.98. The maximum absolute atomic E-state index is 14.2. The summed E-state index contributed by atoms with van der Waals surface area (Å²) in [5.74, 6) is -3.81. The van der Waals surface area contributed by atoms with E-state index in [0.717, 1.165) is 12.1 Å². The lowest BCUT2D eigenvalue weighted by atomic mass is 10.0. The van der Waals surface area contributed by atoms with Gasteiger partial charge in [-0.1, -0.05) is 12.1 Å². The van der Waals surface area contributed by atoms with Gasteiger partial charge in [-0.15, -0.1) is 0 Å². The lowest BCUT2D eigenvalue weighted by molar-refractivity contribution is 0.0480. The fourth-order valence-corrected chi connectivity index (χ4v) is 1.78. The fraction of sp³-hybridized carbons (Fsp3) is 0.133. The molecule has 0 aromatic heterocycles. The Morgan fingerprint density at radius 3 is 2.57 bits per heavy atom. The summed E-state index contributed by atoms with van der Waals surface area (Å²) in [5, 5.41) is 9.62. The van der Waals surface area contributed by atoms with Crippen molar-refractivity contribution in [1.82, 2.24) is 0 Å². The van der Waals surface area contributed by atoms with Gasteiger partial charge in [-0.25, -0.2) is 8.78 Å². The van der Waals surface area contributed by atoms with Gasteiger partial charge in [0, 0.05) is 7.11 Å². The van der Waals surface area contributed by atoms with Crippen LogP contribution in [-0.2, 0) is 4.74 Å². The molecule has 0 heterocycles. The molecular weight excluding hydrogens is 282 g/mol. The summed E-state index contributed by atoms with van der Waals surface area (Å²) in [5.41, 5.74) is -0.982. The zero-order chi connectivity index (χ0) is 15.4. The predicted molar refractivity (Wildman–Crippen MR) is 70.4 cm³/mol. The molecule has 1 N–H and O–H groups in total. The van der Waals surface area contributed by atoms with Crippen molar-refractivity contribution in [2.75, 3.05) is 13.9 Å². The predicted octanol–water partition coefficient (Wildman–Crippen LogP) is 2.88. The topological polar surface area (TPSA) is 55.8 Å². The summed E-state index contributed by atoms with van der Waals surface area (Å²) in [4.78, 5) is 12.2. The van der Waals surface area contributed by atoms with Crippen molar-refractivity contribution in [2.45, 2.75) is 0 Å². The molecule has 2 aromatic carbocycles. The lowest BCUT2D eigenvalue weighted by Gasteiger charge is -2.10. The molecule has 0 unspecified atom stereocenters. The number of para-hydroxylation sites is 1. The second kappa shape index (κ2) is 6.32. The van der Waals surface area contributed by atoms with Gasteiger partial charge in [0.25, 0.3) is 0 Å². The van der Waals surface area contributed by atoms with Gasteiger partial charge in [-0.05, 0) is 24.3 Å². The number of carbonyl (C=O) groups excluding carboxylic acids is 1. The second-order valence-electron chi connectivity index (χ2n) is 4.13. The fourth-order valence-electron chi connectivity index (χ4n) is 1.78. The standard InChI is InChI=1S/C15H12F2O4/c1-20-8-21-12-7-6-10(16)13(14(12)17)15(19)9-4-2-3-5-11(9)18/h2-7,18H,8H2,1H3. The van der Waals surface area contributed by atoms with Crippen LogP contribution in [0, 0.1) is 11.6 Å². The van der Waals surface area contributed by atoms with Gasteiger partial charge in [0.1, 0.15) is 11.6 Å². The minimum absolute atomic E-state index is 0.195. The molecule has 0 radical (unpaired) electrons. The Morgan fingerprint density at radius 1 is 1.19 bits per heavy atom. The average molecular weight is 294 g/mol. The number of rotatable bonds is 5. The largest absolute Gasteiger partial charge is 0.507 e. The van der Waals surface area contributed by atoms with Crippen molar-refractivity contribution in [3.8, 4) is 11.5 Å². The number of hydrogen-bond donors (Lipinski definition) is 1. The SMILES string of the molecule is COCOc1ccc(F)c(C(=O)c2ccccc2O)c1F. The highest BCUT2D eigenvalue weighted by molar-refractivity contribution is 6.11. The maximum atomic E-state index is 14.2. The quantitative estimate of drug-likeness (QED) is 0.680. The van der Waals surface area contributed by atoms with Gasteiger partial charge in [0.05, 0.1) is 11.1 Å². The highest BCUT2D eigenvalue weighted by Gasteiger charge is 2.24. The maximum Gasteiger partial charge on any atom is 0.202 e. The number of phenols is 1. The van der Waals surface area contributed by atoms with E-state index in [1.807, 2.05) is 0 Å². The van der Waals surface area contributed by atoms with Crippen molar-refractivity contribution < 1.29 is 28.2 Å². The lowest BCUT2D eigenvalue weighted by Crippen LogP contribution is -2.10. The second-order valence-corrected chi connectivity index (χ2v) is 4.13. The van der Waals surface area contributed by atoms with Gasteiger partial charge < -0.3 is 14.6 Å². The third kappa shape index (κ3) is 3.00. The molecular formula is C15H12F2O4. The van der Waals surface area contributed by atoms with E-state index in [-0.39, 0.29) is 23.9 Å². The number of methoxy groups -OCH3 is 1. The van der Waals surface area contributed by atoms with E-state index < -0.39 is 23.0 Å². The number of aromatic hydroxyl groups is 1. The molecule has 0 aliphatic carbocycles. The molecule has 0 fully saturated rings. The van der Waals surface area contributed by atoms with Crippen molar-refractivity contribution in [1.29, 1.82) is 0 Å². The van der Waals surface area contributed by atoms with Gasteiger partial charge in [0.15, 0.2) is 18.4 Å². The number of halogens is 2. The molecule has 0 amide bonds. The van der Waals surface area contributed by atoms with Gasteiger partial charge >= 0.3 is 0 Å². The summed E-state index contributed by atoms with van der Waals surface area (Å²) in [7, 11) is 1.34. The van der Waals surface area contributed by atoms with E-state index >= 15 is 0 Å². The molecule has 2 aromatic rings. The van der Waals surface area contributed by atoms with Gasteiger partial charge in [-0.3, -0.25) is 4.79 Å². The van der Waals surface area contributed by atoms with E-state index in [0.29, 0.717) is 0 Å². The summed E-state index contributed by atoms with van der Waals surface area (Å²) in [6.45, 7) is -0.243. The molecule has 0 atom stereocenters. The van der Waals surface area contributed by atoms with Crippen LogP contribution in [-0.4, -0.2) is 24.8 Å². The molecule has 4 nitrogen and oxygen atoms in total. The van der Waals surface area contributed by atoms with E-state index in [1.165, 1.54) is 31.4 Å². The Morgan fingerprint density at radius 2 is 1.90 bits per heavy atom. The van der Waals surface area contributed by atoms with Crippen LogP contribution in [0.4, 0.5) is 8.78 Å². The Kier molecular flexibility index (Phi) is 4.49. The Hall–Kier alpha value is -2.47. The molecule has 0 saturated carbocycles. The smallest absolute Gasteiger partial charge is 0.202 e. The number of ketones is 1. The van der Waals surface area contributed by atoms with Crippen LogP contribution in [0.2, 0.25) is 0 Å². The third-order valence-corrected chi connectivity index (χ3v) is 2.76. The normalized spacial score (nSPS) is 10.4. The molecule has 110 valence electrons. The van der Waals surface area contributed by atoms with Crippen LogP contribution >= 0.6 is 0 Å². The van der Waals surface area contributed by atoms with Crippen molar-refractivity contribution in [2.24, 2.45) is 0 Å². The number of carbonyl (C=O) groups is 1. The summed E-state index contributed by atoms with van der Waals surface area (Å²) in [6.07, 6.45) is 0. The molecule has 6 heteroatoms. The van der Waals surface area contributed by atoms with Crippen LogP contribution < -0.4 is 4.74 Å². The Bertz CT molecular complexity index is 671. The van der Waals surface area contributed by atoms with Gasteiger partial charge in [-0.2, -0.15) is 0 Å². The molecule has 0 aliphatic rings. The van der Waals surface area contributed by atoms with Gasteiger partial charge in [0.2, 0.25) is 5.78 Å². The van der Waals surface area contributed by atoms with Crippen molar-refractivity contribution in [3.63, 3.8) is 0 Å². The number of ether oxygens (including phenoxy) is 2. The van der Waals surface area contributed by atoms with E-state index in [2.05, 4.69) is 4.74 Å². The average Bonchev–Trinajstić information content (AvgIpc) is 2.47. The highest BCUT2D eigenvalue weighted by Crippen LogP contribution is 2.28. The summed E-state index contributed by atoms with van der Waals surface area (Å²) >= 11 is 0. The first-order valence-electron chi connectivity index (χ1n) is 5.98. The molecule has 0 bridgehead atoms. The number of benzene rings is 2. The van der Waals surface area contributed by atoms with Crippen molar-refractivity contribution in [3.05, 3.63) is 59.2 Å². The van der Waals surface area contributed by atoms with Crippen molar-refractivity contribution >= 4 is 5.78 Å². The zero-order valence-electron chi connectivity index (χ0n) is 11.1. The first kappa shape index (κ1) is 14.9. The van der Waals surface area contributed by atoms with E-state index in [4.69, 9.17) is 4.74 Å². The Labute approximate surface area is 119 Å². The van der Waals surface area contributed by atoms with Crippen LogP contribution in [0.25, 0.3) is 0 Å². The van der Waals surface area contributed by atoms with Crippen LogP contribution in [0.5, 0.6) is 11.5 Å². The van der Waals surface area contributed by atoms with Crippen LogP contribution in [0.1, 0.15) is 15.9 Å².